The fraction of sp³-hybridized carbons (Fsp3) is 0.286. The molecule has 0 radical (unpaired) electrons. The summed E-state index contributed by atoms with van der Waals surface area (Å²) < 4.78 is 11.5. The van der Waals surface area contributed by atoms with Crippen molar-refractivity contribution in [2.24, 2.45) is 4.99 Å². The second-order valence-corrected chi connectivity index (χ2v) is 6.87. The molecule has 0 spiro atoms. The van der Waals surface area contributed by atoms with Gasteiger partial charge in [0, 0.05) is 24.6 Å². The van der Waals surface area contributed by atoms with Crippen molar-refractivity contribution < 1.29 is 9.47 Å². The number of hydrogen-bond donors (Lipinski definition) is 1. The van der Waals surface area contributed by atoms with Crippen LogP contribution in [0.1, 0.15) is 5.56 Å². The van der Waals surface area contributed by atoms with Gasteiger partial charge in [-0.3, -0.25) is 0 Å². The predicted molar refractivity (Wildman–Crippen MR) is 109 cm³/mol. The van der Waals surface area contributed by atoms with Gasteiger partial charge in [0.1, 0.15) is 19.0 Å². The Hall–Kier alpha value is -2.99. The average molecular weight is 364 g/mol. The van der Waals surface area contributed by atoms with Gasteiger partial charge < -0.3 is 24.6 Å². The van der Waals surface area contributed by atoms with Crippen molar-refractivity contribution in [1.29, 1.82) is 0 Å². The molecular weight excluding hydrogens is 340 g/mol. The lowest BCUT2D eigenvalue weighted by atomic mass is 10.2. The van der Waals surface area contributed by atoms with Crippen LogP contribution in [0.4, 0.5) is 11.4 Å². The van der Waals surface area contributed by atoms with Gasteiger partial charge in [-0.2, -0.15) is 0 Å². The Morgan fingerprint density at radius 3 is 2.85 bits per heavy atom. The number of amidine groups is 1. The molecule has 0 bridgehead atoms. The molecule has 140 valence electrons. The van der Waals surface area contributed by atoms with Gasteiger partial charge in [-0.1, -0.05) is 18.2 Å². The van der Waals surface area contributed by atoms with Crippen molar-refractivity contribution in [1.82, 2.24) is 4.90 Å². The molecule has 0 aromatic heterocycles. The molecule has 0 atom stereocenters. The first-order valence-electron chi connectivity index (χ1n) is 9.08. The summed E-state index contributed by atoms with van der Waals surface area (Å²) in [6.45, 7) is 2.69. The topological polar surface area (TPSA) is 49.3 Å². The molecule has 1 N–H and O–H groups in total. The zero-order valence-corrected chi connectivity index (χ0v) is 15.7. The van der Waals surface area contributed by atoms with E-state index in [0.717, 1.165) is 35.3 Å². The second kappa shape index (κ2) is 7.72. The highest BCUT2D eigenvalue weighted by Crippen LogP contribution is 2.39. The van der Waals surface area contributed by atoms with E-state index >= 15 is 0 Å². The number of aliphatic imine (C=N–C) groups is 1. The van der Waals surface area contributed by atoms with Crippen molar-refractivity contribution in [2.45, 2.75) is 6.54 Å². The van der Waals surface area contributed by atoms with E-state index in [1.54, 1.807) is 6.20 Å². The maximum absolute atomic E-state index is 5.85. The third kappa shape index (κ3) is 4.06. The van der Waals surface area contributed by atoms with E-state index in [4.69, 9.17) is 9.47 Å². The number of hydrogen-bond acceptors (Lipinski definition) is 6. The summed E-state index contributed by atoms with van der Waals surface area (Å²) in [4.78, 5) is 8.78. The van der Waals surface area contributed by atoms with Crippen molar-refractivity contribution in [3.05, 3.63) is 60.4 Å². The minimum atomic E-state index is 0.569. The number of para-hydroxylation sites is 1. The van der Waals surface area contributed by atoms with Crippen LogP contribution in [-0.2, 0) is 6.54 Å². The van der Waals surface area contributed by atoms with Crippen LogP contribution in [0.5, 0.6) is 11.5 Å². The second-order valence-electron chi connectivity index (χ2n) is 6.87. The molecule has 2 aromatic rings. The van der Waals surface area contributed by atoms with E-state index < -0.39 is 0 Å². The summed E-state index contributed by atoms with van der Waals surface area (Å²) in [6.07, 6.45) is 3.76. The molecule has 6 nitrogen and oxygen atoms in total. The van der Waals surface area contributed by atoms with Gasteiger partial charge in [0.15, 0.2) is 11.5 Å². The molecule has 2 heterocycles. The monoisotopic (exact) mass is 364 g/mol. The molecule has 0 aliphatic carbocycles. The summed E-state index contributed by atoms with van der Waals surface area (Å²) in [5.74, 6) is 2.47. The molecule has 4 rings (SSSR count). The van der Waals surface area contributed by atoms with E-state index in [2.05, 4.69) is 58.5 Å². The van der Waals surface area contributed by atoms with E-state index in [0.29, 0.717) is 19.8 Å². The largest absolute Gasteiger partial charge is 0.486 e. The van der Waals surface area contributed by atoms with Crippen molar-refractivity contribution in [2.75, 3.05) is 44.1 Å². The maximum atomic E-state index is 5.85. The number of nitrogens with zero attached hydrogens (tertiary/aromatic N) is 3. The van der Waals surface area contributed by atoms with Crippen LogP contribution in [0.2, 0.25) is 0 Å². The number of benzene rings is 2. The lowest BCUT2D eigenvalue weighted by molar-refractivity contribution is 0.172. The molecule has 27 heavy (non-hydrogen) atoms. The van der Waals surface area contributed by atoms with E-state index in [9.17, 15) is 0 Å². The van der Waals surface area contributed by atoms with E-state index in [1.807, 2.05) is 24.4 Å². The van der Waals surface area contributed by atoms with E-state index in [-0.39, 0.29) is 0 Å². The standard InChI is InChI=1S/C21H24N4O2/c1-24(2)14-16-5-3-6-17(13-16)23-20-15-25(10-9-22-20)18-7-4-8-19-21(18)27-12-11-26-19/h3-10,13H,11-12,14-15H2,1-2H3,(H,22,23). The first kappa shape index (κ1) is 17.4. The SMILES string of the molecule is CN(C)Cc1cccc(NC2=NC=CN(c3cccc4c3OCCO4)C2)c1. The normalized spacial score (nSPS) is 15.7. The first-order valence-corrected chi connectivity index (χ1v) is 9.08. The Kier molecular flexibility index (Phi) is 4.98. The van der Waals surface area contributed by atoms with Crippen LogP contribution in [0.15, 0.2) is 59.9 Å². The molecule has 0 saturated carbocycles. The zero-order chi connectivity index (χ0) is 18.6. The number of fused-ring (bicyclic) bond motifs is 1. The molecule has 0 fully saturated rings. The highest BCUT2D eigenvalue weighted by atomic mass is 16.6. The van der Waals surface area contributed by atoms with Crippen LogP contribution in [-0.4, -0.2) is 44.6 Å². The van der Waals surface area contributed by atoms with Gasteiger partial charge in [-0.25, -0.2) is 4.99 Å². The predicted octanol–water partition coefficient (Wildman–Crippen LogP) is 3.32. The molecule has 0 unspecified atom stereocenters. The number of rotatable bonds is 4. The molecule has 2 aliphatic rings. The third-order valence-electron chi connectivity index (χ3n) is 4.37. The number of nitrogens with one attached hydrogen (secondary N) is 1. The first-order chi connectivity index (χ1) is 13.2. The van der Waals surface area contributed by atoms with Crippen LogP contribution < -0.4 is 19.7 Å². The number of anilines is 2. The maximum Gasteiger partial charge on any atom is 0.184 e. The van der Waals surface area contributed by atoms with Crippen LogP contribution in [0.3, 0.4) is 0 Å². The minimum absolute atomic E-state index is 0.569. The fourth-order valence-corrected chi connectivity index (χ4v) is 3.26. The van der Waals surface area contributed by atoms with Crippen molar-refractivity contribution in [3.8, 4) is 11.5 Å². The fourth-order valence-electron chi connectivity index (χ4n) is 3.26. The van der Waals surface area contributed by atoms with Gasteiger partial charge in [-0.15, -0.1) is 0 Å². The quantitative estimate of drug-likeness (QED) is 0.902. The highest BCUT2D eigenvalue weighted by Gasteiger charge is 2.21. The van der Waals surface area contributed by atoms with E-state index in [1.165, 1.54) is 5.56 Å². The smallest absolute Gasteiger partial charge is 0.184 e. The Balaban J connectivity index is 1.50. The molecule has 0 amide bonds. The Bertz CT molecular complexity index is 876. The minimum Gasteiger partial charge on any atom is -0.486 e. The highest BCUT2D eigenvalue weighted by molar-refractivity contribution is 6.00. The average Bonchev–Trinajstić information content (AvgIpc) is 2.67. The molecule has 6 heteroatoms. The Morgan fingerprint density at radius 2 is 1.96 bits per heavy atom. The molecular formula is C21H24N4O2. The lowest BCUT2D eigenvalue weighted by Crippen LogP contribution is -2.32. The van der Waals surface area contributed by atoms with Gasteiger partial charge in [-0.05, 0) is 43.9 Å². The van der Waals surface area contributed by atoms with Crippen LogP contribution in [0, 0.1) is 0 Å². The Labute approximate surface area is 159 Å². The summed E-state index contributed by atoms with van der Waals surface area (Å²) >= 11 is 0. The van der Waals surface area contributed by atoms with Gasteiger partial charge in [0.05, 0.1) is 12.2 Å². The molecule has 2 aromatic carbocycles. The summed E-state index contributed by atoms with van der Waals surface area (Å²) in [6, 6.07) is 14.4. The van der Waals surface area contributed by atoms with Gasteiger partial charge in [0.25, 0.3) is 0 Å². The summed E-state index contributed by atoms with van der Waals surface area (Å²) in [7, 11) is 4.14. The Morgan fingerprint density at radius 1 is 1.11 bits per heavy atom. The van der Waals surface area contributed by atoms with Gasteiger partial charge >= 0.3 is 0 Å². The lowest BCUT2D eigenvalue weighted by Gasteiger charge is -2.28. The van der Waals surface area contributed by atoms with Crippen LogP contribution in [0.25, 0.3) is 0 Å². The molecule has 0 saturated heterocycles. The van der Waals surface area contributed by atoms with Crippen LogP contribution >= 0.6 is 0 Å². The zero-order valence-electron chi connectivity index (χ0n) is 15.7. The summed E-state index contributed by atoms with van der Waals surface area (Å²) in [5.41, 5.74) is 3.29. The van der Waals surface area contributed by atoms with Crippen molar-refractivity contribution in [3.63, 3.8) is 0 Å². The third-order valence-corrected chi connectivity index (χ3v) is 4.37. The summed E-state index contributed by atoms with van der Waals surface area (Å²) in [5, 5.41) is 3.44. The number of ether oxygens (including phenoxy) is 2. The van der Waals surface area contributed by atoms with Gasteiger partial charge in [0.2, 0.25) is 0 Å². The molecule has 2 aliphatic heterocycles. The van der Waals surface area contributed by atoms with Crippen molar-refractivity contribution >= 4 is 17.2 Å².